The number of hydrogen-bond donors (Lipinski definition) is 6. The Labute approximate surface area is 267 Å². The summed E-state index contributed by atoms with van der Waals surface area (Å²) in [6.45, 7) is 7.47. The first-order valence-corrected chi connectivity index (χ1v) is 15.5. The highest BCUT2D eigenvalue weighted by Gasteiger charge is 2.28. The Balaban J connectivity index is 0.000000989. The van der Waals surface area contributed by atoms with Gasteiger partial charge in [-0.05, 0) is 43.2 Å². The SMILES string of the molecule is CC.CCCCC(NC(=O)c1ccccc1)C(O)C(O)CNC(=O)c1csc(NC)n1.Cc1cc(F)cc(F)c1.O=CCCO. The van der Waals surface area contributed by atoms with Gasteiger partial charge in [0.2, 0.25) is 0 Å². The summed E-state index contributed by atoms with van der Waals surface area (Å²) in [5, 5.41) is 39.2. The smallest absolute Gasteiger partial charge is 0.270 e. The molecule has 2 aromatic carbocycles. The van der Waals surface area contributed by atoms with Crippen molar-refractivity contribution in [2.45, 2.75) is 71.6 Å². The third-order valence-corrected chi connectivity index (χ3v) is 6.56. The Kier molecular flexibility index (Phi) is 22.5. The molecule has 0 fully saturated rings. The number of aliphatic hydroxyl groups excluding tert-OH is 3. The van der Waals surface area contributed by atoms with E-state index in [-0.39, 0.29) is 31.2 Å². The van der Waals surface area contributed by atoms with E-state index in [4.69, 9.17) is 5.11 Å². The Morgan fingerprint density at radius 2 is 1.67 bits per heavy atom. The number of rotatable bonds is 13. The van der Waals surface area contributed by atoms with E-state index in [2.05, 4.69) is 20.9 Å². The van der Waals surface area contributed by atoms with Gasteiger partial charge in [-0.15, -0.1) is 11.3 Å². The fraction of sp³-hybridized carbons (Fsp3) is 0.438. The van der Waals surface area contributed by atoms with E-state index in [0.717, 1.165) is 18.9 Å². The lowest BCUT2D eigenvalue weighted by Crippen LogP contribution is -2.51. The Morgan fingerprint density at radius 3 is 2.13 bits per heavy atom. The number of aromatic nitrogens is 1. The fourth-order valence-corrected chi connectivity index (χ4v) is 4.16. The van der Waals surface area contributed by atoms with Gasteiger partial charge >= 0.3 is 0 Å². The van der Waals surface area contributed by atoms with E-state index in [1.807, 2.05) is 26.8 Å². The number of unbranched alkanes of at least 4 members (excludes halogenated alkanes) is 1. The van der Waals surface area contributed by atoms with Crippen LogP contribution in [0.2, 0.25) is 0 Å². The van der Waals surface area contributed by atoms with Gasteiger partial charge in [-0.1, -0.05) is 51.8 Å². The second kappa shape index (κ2) is 24.5. The van der Waals surface area contributed by atoms with Crippen molar-refractivity contribution in [3.05, 3.63) is 82.4 Å². The normalized spacial score (nSPS) is 11.9. The first kappa shape index (κ1) is 41.2. The monoisotopic (exact) mass is 652 g/mol. The van der Waals surface area contributed by atoms with Crippen molar-refractivity contribution in [3.8, 4) is 0 Å². The molecule has 1 heterocycles. The molecule has 0 radical (unpaired) electrons. The van der Waals surface area contributed by atoms with Crippen LogP contribution in [-0.2, 0) is 4.79 Å². The average molecular weight is 653 g/mol. The molecule has 3 atom stereocenters. The maximum Gasteiger partial charge on any atom is 0.270 e. The van der Waals surface area contributed by atoms with Gasteiger partial charge in [-0.2, -0.15) is 0 Å². The zero-order valence-electron chi connectivity index (χ0n) is 26.4. The molecule has 3 aromatic rings. The van der Waals surface area contributed by atoms with Gasteiger partial charge in [0.1, 0.15) is 29.7 Å². The molecule has 0 aliphatic heterocycles. The van der Waals surface area contributed by atoms with Gasteiger partial charge in [-0.25, -0.2) is 13.8 Å². The number of aryl methyl sites for hydroxylation is 1. The maximum atomic E-state index is 12.4. The molecule has 0 spiro atoms. The van der Waals surface area contributed by atoms with Crippen LogP contribution in [0.15, 0.2) is 53.9 Å². The van der Waals surface area contributed by atoms with Crippen LogP contribution in [0.1, 0.15) is 72.9 Å². The van der Waals surface area contributed by atoms with Gasteiger partial charge in [0, 0.05) is 43.6 Å². The zero-order valence-corrected chi connectivity index (χ0v) is 27.2. The summed E-state index contributed by atoms with van der Waals surface area (Å²) < 4.78 is 24.4. The molecular weight excluding hydrogens is 606 g/mol. The summed E-state index contributed by atoms with van der Waals surface area (Å²) in [5.74, 6) is -1.79. The zero-order chi connectivity index (χ0) is 34.2. The highest BCUT2D eigenvalue weighted by molar-refractivity contribution is 7.13. The Hall–Kier alpha value is -3.78. The second-order valence-electron chi connectivity index (χ2n) is 9.27. The minimum Gasteiger partial charge on any atom is -0.396 e. The van der Waals surface area contributed by atoms with Crippen LogP contribution >= 0.6 is 11.3 Å². The van der Waals surface area contributed by atoms with E-state index < -0.39 is 35.8 Å². The number of thiazole rings is 1. The number of nitrogens with one attached hydrogen (secondary N) is 3. The van der Waals surface area contributed by atoms with E-state index >= 15 is 0 Å². The highest BCUT2D eigenvalue weighted by atomic mass is 32.1. The molecular formula is C32H46F2N4O6S. The largest absolute Gasteiger partial charge is 0.396 e. The molecule has 10 nitrogen and oxygen atoms in total. The number of aldehydes is 1. The van der Waals surface area contributed by atoms with Crippen molar-refractivity contribution in [1.29, 1.82) is 0 Å². The molecule has 13 heteroatoms. The fourth-order valence-electron chi connectivity index (χ4n) is 3.51. The number of carbonyl (C=O) groups excluding carboxylic acids is 3. The molecule has 0 aliphatic carbocycles. The Bertz CT molecular complexity index is 1200. The lowest BCUT2D eigenvalue weighted by molar-refractivity contribution is -0.108. The van der Waals surface area contributed by atoms with Crippen LogP contribution in [0.25, 0.3) is 0 Å². The average Bonchev–Trinajstić information content (AvgIpc) is 3.53. The quantitative estimate of drug-likeness (QED) is 0.147. The summed E-state index contributed by atoms with van der Waals surface area (Å²) in [4.78, 5) is 37.9. The number of aliphatic hydroxyl groups is 3. The third-order valence-electron chi connectivity index (χ3n) is 5.70. The van der Waals surface area contributed by atoms with Crippen molar-refractivity contribution in [2.24, 2.45) is 0 Å². The summed E-state index contributed by atoms with van der Waals surface area (Å²) >= 11 is 1.29. The number of carbonyl (C=O) groups is 3. The van der Waals surface area contributed by atoms with E-state index in [1.165, 1.54) is 23.5 Å². The molecule has 3 rings (SSSR count). The van der Waals surface area contributed by atoms with E-state index in [1.54, 1.807) is 43.6 Å². The minimum atomic E-state index is -1.24. The number of benzene rings is 2. The molecule has 0 aliphatic rings. The molecule has 3 unspecified atom stereocenters. The summed E-state index contributed by atoms with van der Waals surface area (Å²) in [5.41, 5.74) is 1.32. The Morgan fingerprint density at radius 1 is 1.04 bits per heavy atom. The lowest BCUT2D eigenvalue weighted by Gasteiger charge is -2.28. The number of amides is 2. The van der Waals surface area contributed by atoms with E-state index in [0.29, 0.717) is 29.0 Å². The standard InChI is InChI=1S/C20H28N4O4S.C7H6F2.C3H6O2.C2H6/c1-3-4-10-14(23-18(27)13-8-6-5-7-9-13)17(26)16(25)11-22-19(28)15-12-29-20(21-2)24-15;1-5-2-6(8)4-7(9)3-5;4-2-1-3-5;1-2/h5-9,12,14,16-17,25-26H,3-4,10-11H2,1-2H3,(H,21,24)(H,22,28)(H,23,27);2-4H,1H3;2,5H,1,3H2;1-2H3. The van der Waals surface area contributed by atoms with Crippen LogP contribution in [0.5, 0.6) is 0 Å². The van der Waals surface area contributed by atoms with E-state index in [9.17, 15) is 33.4 Å². The molecule has 250 valence electrons. The number of anilines is 1. The molecule has 45 heavy (non-hydrogen) atoms. The molecule has 0 saturated carbocycles. The van der Waals surface area contributed by atoms with Crippen molar-refractivity contribution in [3.63, 3.8) is 0 Å². The van der Waals surface area contributed by atoms with Crippen LogP contribution in [0, 0.1) is 18.6 Å². The predicted octanol–water partition coefficient (Wildman–Crippen LogP) is 4.49. The van der Waals surface area contributed by atoms with Gasteiger partial charge in [0.25, 0.3) is 11.8 Å². The highest BCUT2D eigenvalue weighted by Crippen LogP contribution is 2.15. The molecule has 0 saturated heterocycles. The van der Waals surface area contributed by atoms with Crippen LogP contribution in [0.3, 0.4) is 0 Å². The van der Waals surface area contributed by atoms with Crippen molar-refractivity contribution < 1.29 is 38.5 Å². The molecule has 1 aromatic heterocycles. The third kappa shape index (κ3) is 17.3. The van der Waals surface area contributed by atoms with Crippen LogP contribution in [0.4, 0.5) is 13.9 Å². The first-order chi connectivity index (χ1) is 21.6. The maximum absolute atomic E-state index is 12.4. The van der Waals surface area contributed by atoms with Crippen LogP contribution < -0.4 is 16.0 Å². The van der Waals surface area contributed by atoms with Gasteiger partial charge in [0.05, 0.1) is 12.1 Å². The first-order valence-electron chi connectivity index (χ1n) is 14.7. The van der Waals surface area contributed by atoms with Crippen molar-refractivity contribution in [1.82, 2.24) is 15.6 Å². The summed E-state index contributed by atoms with van der Waals surface area (Å²) in [7, 11) is 1.71. The van der Waals surface area contributed by atoms with Gasteiger partial charge < -0.3 is 36.1 Å². The summed E-state index contributed by atoms with van der Waals surface area (Å²) in [6, 6.07) is 11.5. The molecule has 0 bridgehead atoms. The van der Waals surface area contributed by atoms with Crippen molar-refractivity contribution in [2.75, 3.05) is 25.5 Å². The predicted molar refractivity (Wildman–Crippen MR) is 173 cm³/mol. The second-order valence-corrected chi connectivity index (χ2v) is 10.1. The molecule has 2 amide bonds. The minimum absolute atomic E-state index is 0.0243. The number of halogens is 2. The lowest BCUT2D eigenvalue weighted by atomic mass is 9.99. The topological polar surface area (TPSA) is 161 Å². The molecule has 6 N–H and O–H groups in total. The number of nitrogens with zero attached hydrogens (tertiary/aromatic N) is 1. The number of hydrogen-bond acceptors (Lipinski definition) is 9. The summed E-state index contributed by atoms with van der Waals surface area (Å²) in [6.07, 6.45) is 0.659. The van der Waals surface area contributed by atoms with Crippen molar-refractivity contribution >= 4 is 34.6 Å². The van der Waals surface area contributed by atoms with Crippen LogP contribution in [-0.4, -0.2) is 76.9 Å². The van der Waals surface area contributed by atoms with Gasteiger partial charge in [-0.3, -0.25) is 9.59 Å². The van der Waals surface area contributed by atoms with Gasteiger partial charge in [0.15, 0.2) is 5.13 Å².